The summed E-state index contributed by atoms with van der Waals surface area (Å²) in [5.74, 6) is -1.10. The highest BCUT2D eigenvalue weighted by Crippen LogP contribution is 2.38. The van der Waals surface area contributed by atoms with Gasteiger partial charge in [0.15, 0.2) is 0 Å². The number of urea groups is 1. The standard InChI is InChI=1S/C28H23F7N6O2/c1-14-21(25-39-24(40-43-25)17-5-3-6-18(13-17)27(30,31)32)22(37-15(2)36-14)16-9-11-41(12-10-16)26(42)38-23-19(28(33,34)35)7-4-8-20(23)29/h3-8,13,16H,9-12H2,1-2H3,(H,38,42). The number of para-hydroxylation sites is 1. The third kappa shape index (κ3) is 6.29. The Kier molecular flexibility index (Phi) is 7.84. The molecule has 0 aliphatic carbocycles. The molecule has 1 aliphatic heterocycles. The zero-order valence-electron chi connectivity index (χ0n) is 22.6. The molecule has 1 saturated heterocycles. The number of carbonyl (C=O) groups is 1. The normalized spacial score (nSPS) is 14.7. The van der Waals surface area contributed by atoms with Crippen LogP contribution in [0.3, 0.4) is 0 Å². The minimum absolute atomic E-state index is 0.000632. The summed E-state index contributed by atoms with van der Waals surface area (Å²) >= 11 is 0. The molecule has 1 aliphatic rings. The number of halogens is 7. The fourth-order valence-electron chi connectivity index (χ4n) is 5.01. The first-order valence-electron chi connectivity index (χ1n) is 13.0. The zero-order valence-corrected chi connectivity index (χ0v) is 22.6. The van der Waals surface area contributed by atoms with Gasteiger partial charge in [0.1, 0.15) is 11.6 Å². The van der Waals surface area contributed by atoms with E-state index in [9.17, 15) is 35.5 Å². The van der Waals surface area contributed by atoms with E-state index in [-0.39, 0.29) is 36.3 Å². The Morgan fingerprint density at radius 2 is 1.65 bits per heavy atom. The van der Waals surface area contributed by atoms with Crippen LogP contribution in [-0.2, 0) is 12.4 Å². The number of amides is 2. The van der Waals surface area contributed by atoms with Gasteiger partial charge in [-0.2, -0.15) is 31.3 Å². The molecule has 5 rings (SSSR count). The van der Waals surface area contributed by atoms with Crippen LogP contribution in [0.1, 0.15) is 47.1 Å². The number of anilines is 1. The number of aryl methyl sites for hydroxylation is 2. The predicted molar refractivity (Wildman–Crippen MR) is 139 cm³/mol. The Balaban J connectivity index is 1.36. The van der Waals surface area contributed by atoms with Crippen molar-refractivity contribution in [2.24, 2.45) is 0 Å². The first-order chi connectivity index (χ1) is 20.2. The molecule has 3 heterocycles. The topological polar surface area (TPSA) is 97.0 Å². The largest absolute Gasteiger partial charge is 0.418 e. The van der Waals surface area contributed by atoms with Crippen molar-refractivity contribution in [1.82, 2.24) is 25.0 Å². The smallest absolute Gasteiger partial charge is 0.333 e. The van der Waals surface area contributed by atoms with Gasteiger partial charge in [-0.05, 0) is 51.0 Å². The average molecular weight is 609 g/mol. The number of piperidine rings is 1. The Labute approximate surface area is 240 Å². The maximum atomic E-state index is 14.2. The quantitative estimate of drug-likeness (QED) is 0.243. The van der Waals surface area contributed by atoms with Gasteiger partial charge < -0.3 is 14.7 Å². The highest BCUT2D eigenvalue weighted by molar-refractivity contribution is 5.90. The molecule has 0 atom stereocenters. The third-order valence-electron chi connectivity index (χ3n) is 7.04. The lowest BCUT2D eigenvalue weighted by Crippen LogP contribution is -2.41. The number of rotatable bonds is 4. The first kappa shape index (κ1) is 29.9. The summed E-state index contributed by atoms with van der Waals surface area (Å²) < 4.78 is 99.4. The molecule has 1 N–H and O–H groups in total. The molecule has 8 nitrogen and oxygen atoms in total. The number of hydrogen-bond acceptors (Lipinski definition) is 6. The number of likely N-dealkylation sites (tertiary alicyclic amines) is 1. The first-order valence-corrected chi connectivity index (χ1v) is 13.0. The van der Waals surface area contributed by atoms with Crippen LogP contribution >= 0.6 is 0 Å². The van der Waals surface area contributed by atoms with Gasteiger partial charge >= 0.3 is 18.4 Å². The highest BCUT2D eigenvalue weighted by Gasteiger charge is 2.36. The maximum Gasteiger partial charge on any atom is 0.418 e. The van der Waals surface area contributed by atoms with Gasteiger partial charge in [0.05, 0.1) is 33.8 Å². The fraction of sp³-hybridized carbons (Fsp3) is 0.321. The lowest BCUT2D eigenvalue weighted by molar-refractivity contribution is -0.138. The van der Waals surface area contributed by atoms with Crippen LogP contribution < -0.4 is 5.32 Å². The molecule has 0 bridgehead atoms. The SMILES string of the molecule is Cc1nc(C)c(-c2nc(-c3cccc(C(F)(F)F)c3)no2)c(C2CCN(C(=O)Nc3c(F)cccc3C(F)(F)F)CC2)n1. The van der Waals surface area contributed by atoms with Crippen molar-refractivity contribution in [2.75, 3.05) is 18.4 Å². The molecule has 0 unspecified atom stereocenters. The van der Waals surface area contributed by atoms with Gasteiger partial charge in [0.2, 0.25) is 5.82 Å². The van der Waals surface area contributed by atoms with E-state index in [2.05, 4.69) is 25.4 Å². The van der Waals surface area contributed by atoms with E-state index in [1.807, 2.05) is 0 Å². The van der Waals surface area contributed by atoms with Crippen LogP contribution in [0.2, 0.25) is 0 Å². The maximum absolute atomic E-state index is 14.2. The second kappa shape index (κ2) is 11.3. The van der Waals surface area contributed by atoms with E-state index < -0.39 is 41.0 Å². The van der Waals surface area contributed by atoms with E-state index in [4.69, 9.17) is 4.52 Å². The van der Waals surface area contributed by atoms with Crippen molar-refractivity contribution in [2.45, 2.75) is 45.0 Å². The molecular weight excluding hydrogens is 585 g/mol. The molecule has 15 heteroatoms. The minimum Gasteiger partial charge on any atom is -0.333 e. The summed E-state index contributed by atoms with van der Waals surface area (Å²) in [4.78, 5) is 27.4. The second-order valence-electron chi connectivity index (χ2n) is 9.97. The van der Waals surface area contributed by atoms with Crippen LogP contribution in [0.15, 0.2) is 47.0 Å². The number of alkyl halides is 6. The molecule has 2 aromatic carbocycles. The molecular formula is C28H23F7N6O2. The average Bonchev–Trinajstić information content (AvgIpc) is 3.42. The predicted octanol–water partition coefficient (Wildman–Crippen LogP) is 7.40. The Morgan fingerprint density at radius 3 is 2.33 bits per heavy atom. The van der Waals surface area contributed by atoms with Gasteiger partial charge in [-0.1, -0.05) is 23.4 Å². The number of nitrogens with zero attached hydrogens (tertiary/aromatic N) is 5. The minimum atomic E-state index is -4.87. The van der Waals surface area contributed by atoms with Crippen molar-refractivity contribution < 1.29 is 40.1 Å². The Hall–Kier alpha value is -4.56. The lowest BCUT2D eigenvalue weighted by atomic mass is 9.90. The molecule has 226 valence electrons. The van der Waals surface area contributed by atoms with Crippen LogP contribution in [-0.4, -0.2) is 44.1 Å². The van der Waals surface area contributed by atoms with Crippen molar-refractivity contribution in [3.63, 3.8) is 0 Å². The Morgan fingerprint density at radius 1 is 0.953 bits per heavy atom. The van der Waals surface area contributed by atoms with E-state index in [0.29, 0.717) is 41.7 Å². The van der Waals surface area contributed by atoms with Gasteiger partial charge in [-0.3, -0.25) is 0 Å². The van der Waals surface area contributed by atoms with Gasteiger partial charge in [-0.15, -0.1) is 0 Å². The van der Waals surface area contributed by atoms with E-state index in [0.717, 1.165) is 24.3 Å². The van der Waals surface area contributed by atoms with Crippen molar-refractivity contribution >= 4 is 11.7 Å². The number of carbonyl (C=O) groups excluding carboxylic acids is 1. The molecule has 43 heavy (non-hydrogen) atoms. The van der Waals surface area contributed by atoms with E-state index in [1.54, 1.807) is 13.8 Å². The number of nitrogens with one attached hydrogen (secondary N) is 1. The lowest BCUT2D eigenvalue weighted by Gasteiger charge is -2.32. The second-order valence-corrected chi connectivity index (χ2v) is 9.97. The van der Waals surface area contributed by atoms with Crippen LogP contribution in [0.4, 0.5) is 41.2 Å². The summed E-state index contributed by atoms with van der Waals surface area (Å²) in [5, 5.41) is 5.92. The van der Waals surface area contributed by atoms with Crippen molar-refractivity contribution in [3.05, 3.63) is 76.6 Å². The molecule has 1 fully saturated rings. The summed E-state index contributed by atoms with van der Waals surface area (Å²) in [6.07, 6.45) is -8.74. The van der Waals surface area contributed by atoms with E-state index in [1.165, 1.54) is 17.0 Å². The number of aromatic nitrogens is 4. The molecule has 2 amide bonds. The molecule has 4 aromatic rings. The van der Waals surface area contributed by atoms with Gasteiger partial charge in [0, 0.05) is 24.6 Å². The number of benzene rings is 2. The van der Waals surface area contributed by atoms with Crippen LogP contribution in [0, 0.1) is 19.7 Å². The van der Waals surface area contributed by atoms with Gasteiger partial charge in [0.25, 0.3) is 5.89 Å². The summed E-state index contributed by atoms with van der Waals surface area (Å²) in [5.41, 5.74) is -1.60. The van der Waals surface area contributed by atoms with Crippen LogP contribution in [0.25, 0.3) is 22.8 Å². The van der Waals surface area contributed by atoms with Gasteiger partial charge in [-0.25, -0.2) is 19.2 Å². The molecule has 0 spiro atoms. The summed E-state index contributed by atoms with van der Waals surface area (Å²) in [6, 6.07) is 6.03. The summed E-state index contributed by atoms with van der Waals surface area (Å²) in [7, 11) is 0. The van der Waals surface area contributed by atoms with Crippen LogP contribution in [0.5, 0.6) is 0 Å². The van der Waals surface area contributed by atoms with E-state index >= 15 is 0 Å². The molecule has 0 radical (unpaired) electrons. The number of hydrogen-bond donors (Lipinski definition) is 1. The van der Waals surface area contributed by atoms with Crippen molar-refractivity contribution in [1.29, 1.82) is 0 Å². The third-order valence-corrected chi connectivity index (χ3v) is 7.04. The zero-order chi connectivity index (χ0) is 31.1. The molecule has 0 saturated carbocycles. The highest BCUT2D eigenvalue weighted by atomic mass is 19.4. The monoisotopic (exact) mass is 608 g/mol. The molecule has 2 aromatic heterocycles. The van der Waals surface area contributed by atoms with Crippen molar-refractivity contribution in [3.8, 4) is 22.8 Å². The fourth-order valence-corrected chi connectivity index (χ4v) is 5.01. The summed E-state index contributed by atoms with van der Waals surface area (Å²) in [6.45, 7) is 3.61. The Bertz CT molecular complexity index is 1660.